The summed E-state index contributed by atoms with van der Waals surface area (Å²) in [4.78, 5) is 8.48. The van der Waals surface area contributed by atoms with Gasteiger partial charge in [-0.2, -0.15) is 0 Å². The lowest BCUT2D eigenvalue weighted by atomic mass is 10.3. The van der Waals surface area contributed by atoms with E-state index in [0.29, 0.717) is 0 Å². The van der Waals surface area contributed by atoms with Crippen LogP contribution in [-0.4, -0.2) is 40.0 Å². The SMILES string of the molecule is c1ccc(-n2cc(-c3ccccn3)nn2)cc1.c1ccc(-n2cc(-c3ccccn3)nn2)cc1. The Hall–Kier alpha value is -4.98. The Balaban J connectivity index is 0.000000142. The van der Waals surface area contributed by atoms with Gasteiger partial charge in [0.15, 0.2) is 0 Å². The van der Waals surface area contributed by atoms with Gasteiger partial charge in [-0.1, -0.05) is 59.0 Å². The maximum absolute atomic E-state index is 4.24. The average Bonchev–Trinajstić information content (AvgIpc) is 3.62. The van der Waals surface area contributed by atoms with Crippen LogP contribution in [0.3, 0.4) is 0 Å². The number of pyridine rings is 2. The molecule has 34 heavy (non-hydrogen) atoms. The highest BCUT2D eigenvalue weighted by molar-refractivity contribution is 5.53. The van der Waals surface area contributed by atoms with Gasteiger partial charge in [-0.15, -0.1) is 10.2 Å². The van der Waals surface area contributed by atoms with Gasteiger partial charge < -0.3 is 0 Å². The zero-order chi connectivity index (χ0) is 23.0. The predicted molar refractivity (Wildman–Crippen MR) is 129 cm³/mol. The van der Waals surface area contributed by atoms with Crippen LogP contribution in [0, 0.1) is 0 Å². The third kappa shape index (κ3) is 4.91. The van der Waals surface area contributed by atoms with E-state index in [1.807, 2.05) is 109 Å². The van der Waals surface area contributed by atoms with Gasteiger partial charge in [-0.3, -0.25) is 9.97 Å². The minimum Gasteiger partial charge on any atom is -0.254 e. The van der Waals surface area contributed by atoms with Crippen LogP contribution in [0.4, 0.5) is 0 Å². The molecule has 0 unspecified atom stereocenters. The molecule has 0 fully saturated rings. The van der Waals surface area contributed by atoms with E-state index in [-0.39, 0.29) is 0 Å². The van der Waals surface area contributed by atoms with Gasteiger partial charge in [0.2, 0.25) is 0 Å². The van der Waals surface area contributed by atoms with E-state index in [9.17, 15) is 0 Å². The lowest BCUT2D eigenvalue weighted by molar-refractivity contribution is 0.803. The summed E-state index contributed by atoms with van der Waals surface area (Å²) in [7, 11) is 0. The zero-order valence-electron chi connectivity index (χ0n) is 18.1. The average molecular weight is 445 g/mol. The fourth-order valence-electron chi connectivity index (χ4n) is 3.20. The summed E-state index contributed by atoms with van der Waals surface area (Å²) < 4.78 is 3.48. The second-order valence-corrected chi connectivity index (χ2v) is 7.20. The molecule has 0 saturated heterocycles. The Kier molecular flexibility index (Phi) is 6.20. The number of benzene rings is 2. The van der Waals surface area contributed by atoms with Crippen LogP contribution >= 0.6 is 0 Å². The summed E-state index contributed by atoms with van der Waals surface area (Å²) in [5.74, 6) is 0. The molecule has 4 heterocycles. The van der Waals surface area contributed by atoms with Crippen LogP contribution < -0.4 is 0 Å². The Morgan fingerprint density at radius 1 is 0.412 bits per heavy atom. The van der Waals surface area contributed by atoms with Gasteiger partial charge in [-0.25, -0.2) is 9.36 Å². The van der Waals surface area contributed by atoms with Gasteiger partial charge in [0, 0.05) is 12.4 Å². The number of hydrogen-bond donors (Lipinski definition) is 0. The smallest absolute Gasteiger partial charge is 0.131 e. The molecule has 8 heteroatoms. The zero-order valence-corrected chi connectivity index (χ0v) is 18.1. The van der Waals surface area contributed by atoms with Crippen molar-refractivity contribution < 1.29 is 0 Å². The molecular formula is C26H20N8. The van der Waals surface area contributed by atoms with Crippen molar-refractivity contribution in [3.8, 4) is 34.2 Å². The second kappa shape index (κ2) is 10.1. The minimum atomic E-state index is 0.773. The lowest BCUT2D eigenvalue weighted by Gasteiger charge is -1.97. The van der Waals surface area contributed by atoms with Crippen molar-refractivity contribution in [2.24, 2.45) is 0 Å². The van der Waals surface area contributed by atoms with E-state index in [1.54, 1.807) is 21.8 Å². The van der Waals surface area contributed by atoms with Crippen LogP contribution in [0.5, 0.6) is 0 Å². The first-order valence-corrected chi connectivity index (χ1v) is 10.7. The molecule has 0 N–H and O–H groups in total. The molecule has 6 aromatic rings. The standard InChI is InChI=1S/2C13H10N4/c2*1-2-6-11(7-3-1)17-10-13(15-16-17)12-8-4-5-9-14-12/h2*1-10H. The summed E-state index contributed by atoms with van der Waals surface area (Å²) in [6.45, 7) is 0. The highest BCUT2D eigenvalue weighted by Gasteiger charge is 2.06. The largest absolute Gasteiger partial charge is 0.254 e. The van der Waals surface area contributed by atoms with Gasteiger partial charge in [0.25, 0.3) is 0 Å². The molecule has 164 valence electrons. The fourth-order valence-corrected chi connectivity index (χ4v) is 3.20. The quantitative estimate of drug-likeness (QED) is 0.393. The molecule has 6 rings (SSSR count). The third-order valence-corrected chi connectivity index (χ3v) is 4.88. The Labute approximate surface area is 196 Å². The lowest BCUT2D eigenvalue weighted by Crippen LogP contribution is -1.93. The molecule has 0 radical (unpaired) electrons. The summed E-state index contributed by atoms with van der Waals surface area (Å²) >= 11 is 0. The molecule has 0 aliphatic heterocycles. The number of para-hydroxylation sites is 2. The van der Waals surface area contributed by atoms with Crippen LogP contribution in [-0.2, 0) is 0 Å². The van der Waals surface area contributed by atoms with E-state index in [0.717, 1.165) is 34.2 Å². The highest BCUT2D eigenvalue weighted by Crippen LogP contribution is 2.15. The molecule has 2 aromatic carbocycles. The van der Waals surface area contributed by atoms with E-state index in [2.05, 4.69) is 30.6 Å². The highest BCUT2D eigenvalue weighted by atomic mass is 15.4. The Morgan fingerprint density at radius 2 is 0.824 bits per heavy atom. The fraction of sp³-hybridized carbons (Fsp3) is 0. The van der Waals surface area contributed by atoms with Gasteiger partial charge in [0.05, 0.1) is 35.2 Å². The molecule has 0 saturated carbocycles. The van der Waals surface area contributed by atoms with E-state index in [1.165, 1.54) is 0 Å². The molecule has 0 aliphatic rings. The summed E-state index contributed by atoms with van der Waals surface area (Å²) in [5, 5.41) is 16.4. The molecule has 0 bridgehead atoms. The van der Waals surface area contributed by atoms with E-state index < -0.39 is 0 Å². The Bertz CT molecular complexity index is 1210. The molecule has 0 amide bonds. The van der Waals surface area contributed by atoms with Crippen LogP contribution in [0.2, 0.25) is 0 Å². The summed E-state index contributed by atoms with van der Waals surface area (Å²) in [6, 6.07) is 31.2. The molecule has 8 nitrogen and oxygen atoms in total. The van der Waals surface area contributed by atoms with Crippen molar-refractivity contribution in [2.75, 3.05) is 0 Å². The summed E-state index contributed by atoms with van der Waals surface area (Å²) in [5.41, 5.74) is 5.18. The number of nitrogens with zero attached hydrogens (tertiary/aromatic N) is 8. The molecular weight excluding hydrogens is 424 g/mol. The maximum atomic E-state index is 4.24. The molecule has 0 spiro atoms. The topological polar surface area (TPSA) is 87.2 Å². The van der Waals surface area contributed by atoms with Crippen molar-refractivity contribution in [1.29, 1.82) is 0 Å². The molecule has 4 aromatic heterocycles. The van der Waals surface area contributed by atoms with Crippen LogP contribution in [0.15, 0.2) is 122 Å². The van der Waals surface area contributed by atoms with Gasteiger partial charge in [-0.05, 0) is 48.5 Å². The molecule has 0 atom stereocenters. The normalized spacial score (nSPS) is 10.4. The number of rotatable bonds is 4. The van der Waals surface area contributed by atoms with E-state index in [4.69, 9.17) is 0 Å². The molecule has 0 aliphatic carbocycles. The first-order chi connectivity index (χ1) is 16.9. The van der Waals surface area contributed by atoms with Gasteiger partial charge >= 0.3 is 0 Å². The third-order valence-electron chi connectivity index (χ3n) is 4.88. The van der Waals surface area contributed by atoms with Crippen molar-refractivity contribution in [3.05, 3.63) is 122 Å². The second-order valence-electron chi connectivity index (χ2n) is 7.20. The monoisotopic (exact) mass is 444 g/mol. The first-order valence-electron chi connectivity index (χ1n) is 10.7. The van der Waals surface area contributed by atoms with Crippen molar-refractivity contribution in [1.82, 2.24) is 40.0 Å². The van der Waals surface area contributed by atoms with Gasteiger partial charge in [0.1, 0.15) is 11.4 Å². The summed E-state index contributed by atoms with van der Waals surface area (Å²) in [6.07, 6.45) is 7.24. The van der Waals surface area contributed by atoms with Crippen molar-refractivity contribution in [2.45, 2.75) is 0 Å². The minimum absolute atomic E-state index is 0.773. The number of aromatic nitrogens is 8. The first kappa shape index (κ1) is 20.9. The Morgan fingerprint density at radius 3 is 1.21 bits per heavy atom. The predicted octanol–water partition coefficient (Wildman–Crippen LogP) is 4.66. The van der Waals surface area contributed by atoms with E-state index >= 15 is 0 Å². The van der Waals surface area contributed by atoms with Crippen molar-refractivity contribution in [3.63, 3.8) is 0 Å². The maximum Gasteiger partial charge on any atom is 0.131 e. The van der Waals surface area contributed by atoms with Crippen LogP contribution in [0.1, 0.15) is 0 Å². The van der Waals surface area contributed by atoms with Crippen LogP contribution in [0.25, 0.3) is 34.2 Å². The van der Waals surface area contributed by atoms with Crippen molar-refractivity contribution >= 4 is 0 Å². The number of hydrogen-bond acceptors (Lipinski definition) is 6.